The Labute approximate surface area is 97.8 Å². The lowest BCUT2D eigenvalue weighted by Gasteiger charge is -2.09. The molecule has 2 heterocycles. The summed E-state index contributed by atoms with van der Waals surface area (Å²) in [6.07, 6.45) is 1.24. The van der Waals surface area contributed by atoms with Crippen molar-refractivity contribution in [2.45, 2.75) is 26.8 Å². The molecule has 1 fully saturated rings. The van der Waals surface area contributed by atoms with Gasteiger partial charge in [0.1, 0.15) is 0 Å². The van der Waals surface area contributed by atoms with E-state index in [1.807, 2.05) is 13.8 Å². The molecule has 1 N–H and O–H groups in total. The van der Waals surface area contributed by atoms with Gasteiger partial charge in [0.05, 0.1) is 6.54 Å². The van der Waals surface area contributed by atoms with Gasteiger partial charge in [-0.25, -0.2) is 0 Å². The number of benzene rings is 1. The highest BCUT2D eigenvalue weighted by molar-refractivity contribution is 6.05. The van der Waals surface area contributed by atoms with Gasteiger partial charge in [0.25, 0.3) is 0 Å². The molecule has 0 spiro atoms. The molecule has 1 aromatic carbocycles. The molecule has 2 nitrogen and oxygen atoms in total. The second kappa shape index (κ2) is 5.26. The summed E-state index contributed by atoms with van der Waals surface area (Å²) in [6, 6.07) is 8.61. The van der Waals surface area contributed by atoms with E-state index in [4.69, 9.17) is 0 Å². The molecule has 0 radical (unpaired) electrons. The standard InChI is InChI=1S/C12H14N2.C2H6/c1-2-4-11-9(3-1)8-14-12(11)10-5-6-13-7-10;1-2/h1-4,10,13H,5-8H2;1-2H3. The quantitative estimate of drug-likeness (QED) is 0.766. The van der Waals surface area contributed by atoms with Gasteiger partial charge in [-0.15, -0.1) is 0 Å². The second-order valence-corrected chi connectivity index (χ2v) is 4.05. The molecule has 86 valence electrons. The van der Waals surface area contributed by atoms with Crippen molar-refractivity contribution < 1.29 is 0 Å². The fraction of sp³-hybridized carbons (Fsp3) is 0.500. The average molecular weight is 216 g/mol. The smallest absolute Gasteiger partial charge is 0.0649 e. The summed E-state index contributed by atoms with van der Waals surface area (Å²) in [4.78, 5) is 4.66. The highest BCUT2D eigenvalue weighted by Gasteiger charge is 2.25. The average Bonchev–Trinajstić information content (AvgIpc) is 3.00. The number of fused-ring (bicyclic) bond motifs is 1. The molecular formula is C14H20N2. The van der Waals surface area contributed by atoms with Crippen molar-refractivity contribution in [3.05, 3.63) is 35.4 Å². The fourth-order valence-electron chi connectivity index (χ4n) is 2.40. The number of hydrogen-bond acceptors (Lipinski definition) is 2. The Hall–Kier alpha value is -1.15. The van der Waals surface area contributed by atoms with E-state index in [0.29, 0.717) is 5.92 Å². The van der Waals surface area contributed by atoms with E-state index < -0.39 is 0 Å². The van der Waals surface area contributed by atoms with Crippen molar-refractivity contribution in [2.24, 2.45) is 10.9 Å². The third-order valence-corrected chi connectivity index (χ3v) is 3.16. The van der Waals surface area contributed by atoms with Crippen molar-refractivity contribution in [3.63, 3.8) is 0 Å². The SMILES string of the molecule is CC.c1ccc2c(c1)CN=C2C1CCNC1. The zero-order chi connectivity index (χ0) is 11.4. The first-order valence-electron chi connectivity index (χ1n) is 6.28. The van der Waals surface area contributed by atoms with Gasteiger partial charge in [-0.05, 0) is 18.5 Å². The van der Waals surface area contributed by atoms with E-state index in [1.165, 1.54) is 23.3 Å². The maximum atomic E-state index is 4.66. The number of hydrogen-bond donors (Lipinski definition) is 1. The van der Waals surface area contributed by atoms with Gasteiger partial charge >= 0.3 is 0 Å². The highest BCUT2D eigenvalue weighted by atomic mass is 14.9. The van der Waals surface area contributed by atoms with Crippen LogP contribution < -0.4 is 5.32 Å². The van der Waals surface area contributed by atoms with Crippen LogP contribution in [0.3, 0.4) is 0 Å². The molecular weight excluding hydrogens is 196 g/mol. The molecule has 1 aromatic rings. The Kier molecular flexibility index (Phi) is 3.73. The Morgan fingerprint density at radius 2 is 2.06 bits per heavy atom. The molecule has 2 aliphatic rings. The van der Waals surface area contributed by atoms with Gasteiger partial charge in [0.2, 0.25) is 0 Å². The van der Waals surface area contributed by atoms with Crippen molar-refractivity contribution >= 4 is 5.71 Å². The zero-order valence-corrected chi connectivity index (χ0v) is 10.2. The second-order valence-electron chi connectivity index (χ2n) is 4.05. The van der Waals surface area contributed by atoms with Gasteiger partial charge in [-0.2, -0.15) is 0 Å². The third-order valence-electron chi connectivity index (χ3n) is 3.16. The van der Waals surface area contributed by atoms with Gasteiger partial charge in [0, 0.05) is 23.7 Å². The molecule has 0 aromatic heterocycles. The maximum Gasteiger partial charge on any atom is 0.0649 e. The fourth-order valence-corrected chi connectivity index (χ4v) is 2.40. The largest absolute Gasteiger partial charge is 0.316 e. The third kappa shape index (κ3) is 2.03. The molecule has 1 atom stereocenters. The first kappa shape index (κ1) is 11.3. The molecule has 2 heteroatoms. The van der Waals surface area contributed by atoms with E-state index in [2.05, 4.69) is 34.6 Å². The van der Waals surface area contributed by atoms with Crippen LogP contribution in [0.25, 0.3) is 0 Å². The number of nitrogens with zero attached hydrogens (tertiary/aromatic N) is 1. The molecule has 0 bridgehead atoms. The minimum absolute atomic E-state index is 0.652. The number of aliphatic imine (C=N–C) groups is 1. The van der Waals surface area contributed by atoms with Crippen LogP contribution in [0.2, 0.25) is 0 Å². The van der Waals surface area contributed by atoms with E-state index >= 15 is 0 Å². The normalized spacial score (nSPS) is 22.1. The van der Waals surface area contributed by atoms with Crippen LogP contribution in [-0.4, -0.2) is 18.8 Å². The van der Waals surface area contributed by atoms with Crippen LogP contribution in [0, 0.1) is 5.92 Å². The summed E-state index contributed by atoms with van der Waals surface area (Å²) in [5.74, 6) is 0.652. The topological polar surface area (TPSA) is 24.4 Å². The Bertz CT molecular complexity index is 376. The predicted molar refractivity (Wildman–Crippen MR) is 69.0 cm³/mol. The summed E-state index contributed by atoms with van der Waals surface area (Å²) in [5, 5.41) is 3.40. The van der Waals surface area contributed by atoms with Crippen molar-refractivity contribution in [1.29, 1.82) is 0 Å². The first-order valence-corrected chi connectivity index (χ1v) is 6.28. The van der Waals surface area contributed by atoms with Gasteiger partial charge in [0.15, 0.2) is 0 Å². The Morgan fingerprint density at radius 1 is 1.25 bits per heavy atom. The Morgan fingerprint density at radius 3 is 2.81 bits per heavy atom. The predicted octanol–water partition coefficient (Wildman–Crippen LogP) is 2.62. The number of rotatable bonds is 1. The van der Waals surface area contributed by atoms with Crippen molar-refractivity contribution in [2.75, 3.05) is 13.1 Å². The summed E-state index contributed by atoms with van der Waals surface area (Å²) < 4.78 is 0. The van der Waals surface area contributed by atoms with Crippen LogP contribution in [0.5, 0.6) is 0 Å². The molecule has 1 unspecified atom stereocenters. The maximum absolute atomic E-state index is 4.66. The monoisotopic (exact) mass is 216 g/mol. The van der Waals surface area contributed by atoms with Gasteiger partial charge in [-0.3, -0.25) is 4.99 Å². The molecule has 16 heavy (non-hydrogen) atoms. The first-order chi connectivity index (χ1) is 7.95. The molecule has 3 rings (SSSR count). The van der Waals surface area contributed by atoms with Crippen LogP contribution in [0.4, 0.5) is 0 Å². The number of nitrogens with one attached hydrogen (secondary N) is 1. The van der Waals surface area contributed by atoms with Gasteiger partial charge < -0.3 is 5.32 Å². The zero-order valence-electron chi connectivity index (χ0n) is 10.2. The van der Waals surface area contributed by atoms with E-state index in [0.717, 1.165) is 19.6 Å². The summed E-state index contributed by atoms with van der Waals surface area (Å²) in [6.45, 7) is 7.14. The van der Waals surface area contributed by atoms with Crippen LogP contribution >= 0.6 is 0 Å². The molecule has 0 aliphatic carbocycles. The minimum Gasteiger partial charge on any atom is -0.316 e. The van der Waals surface area contributed by atoms with Crippen molar-refractivity contribution in [3.8, 4) is 0 Å². The highest BCUT2D eigenvalue weighted by Crippen LogP contribution is 2.25. The summed E-state index contributed by atoms with van der Waals surface area (Å²) in [7, 11) is 0. The van der Waals surface area contributed by atoms with Crippen LogP contribution in [0.1, 0.15) is 31.4 Å². The van der Waals surface area contributed by atoms with Gasteiger partial charge in [-0.1, -0.05) is 38.1 Å². The minimum atomic E-state index is 0.652. The molecule has 0 amide bonds. The Balaban J connectivity index is 0.000000457. The van der Waals surface area contributed by atoms with E-state index in [-0.39, 0.29) is 0 Å². The lowest BCUT2D eigenvalue weighted by atomic mass is 9.95. The summed E-state index contributed by atoms with van der Waals surface area (Å²) >= 11 is 0. The lowest BCUT2D eigenvalue weighted by Crippen LogP contribution is -2.17. The van der Waals surface area contributed by atoms with E-state index in [1.54, 1.807) is 0 Å². The van der Waals surface area contributed by atoms with E-state index in [9.17, 15) is 0 Å². The van der Waals surface area contributed by atoms with Crippen molar-refractivity contribution in [1.82, 2.24) is 5.32 Å². The molecule has 1 saturated heterocycles. The molecule has 0 saturated carbocycles. The lowest BCUT2D eigenvalue weighted by molar-refractivity contribution is 0.771. The van der Waals surface area contributed by atoms with Crippen LogP contribution in [-0.2, 0) is 6.54 Å². The summed E-state index contributed by atoms with van der Waals surface area (Å²) in [5.41, 5.74) is 4.13. The van der Waals surface area contributed by atoms with Crippen LogP contribution in [0.15, 0.2) is 29.3 Å². The molecule has 2 aliphatic heterocycles.